The van der Waals surface area contributed by atoms with Crippen molar-refractivity contribution < 1.29 is 4.39 Å². The van der Waals surface area contributed by atoms with Gasteiger partial charge < -0.3 is 5.73 Å². The van der Waals surface area contributed by atoms with E-state index in [0.717, 1.165) is 12.3 Å². The molecule has 2 rings (SSSR count). The Kier molecular flexibility index (Phi) is 4.42. The molecule has 1 saturated carbocycles. The summed E-state index contributed by atoms with van der Waals surface area (Å²) in [4.78, 5) is 7.87. The normalized spacial score (nSPS) is 17.3. The summed E-state index contributed by atoms with van der Waals surface area (Å²) in [5, 5.41) is 0. The Bertz CT molecular complexity index is 362. The molecule has 0 unspecified atom stereocenters. The highest BCUT2D eigenvalue weighted by Gasteiger charge is 2.15. The van der Waals surface area contributed by atoms with Gasteiger partial charge in [-0.1, -0.05) is 32.1 Å². The fourth-order valence-corrected chi connectivity index (χ4v) is 2.58. The van der Waals surface area contributed by atoms with Crippen molar-refractivity contribution in [3.63, 3.8) is 0 Å². The fourth-order valence-electron chi connectivity index (χ4n) is 2.58. The van der Waals surface area contributed by atoms with Gasteiger partial charge in [0.05, 0.1) is 11.4 Å². The van der Waals surface area contributed by atoms with Crippen molar-refractivity contribution in [3.05, 3.63) is 23.5 Å². The molecule has 0 aromatic carbocycles. The Balaban J connectivity index is 1.93. The highest BCUT2D eigenvalue weighted by Crippen LogP contribution is 2.27. The standard InChI is InChI=1S/C13H20FN3/c14-13-11(16-9-17-12(13)8-15)7-6-10-4-2-1-3-5-10/h9-10H,1-8,15H2. The fraction of sp³-hybridized carbons (Fsp3) is 0.692. The number of halogens is 1. The van der Waals surface area contributed by atoms with Crippen LogP contribution in [-0.2, 0) is 13.0 Å². The van der Waals surface area contributed by atoms with E-state index in [2.05, 4.69) is 9.97 Å². The lowest BCUT2D eigenvalue weighted by Gasteiger charge is -2.21. The molecule has 1 aromatic rings. The zero-order valence-corrected chi connectivity index (χ0v) is 10.2. The van der Waals surface area contributed by atoms with E-state index in [1.165, 1.54) is 38.4 Å². The molecule has 0 radical (unpaired) electrons. The van der Waals surface area contributed by atoms with Crippen LogP contribution in [0.25, 0.3) is 0 Å². The minimum Gasteiger partial charge on any atom is -0.325 e. The van der Waals surface area contributed by atoms with Crippen LogP contribution < -0.4 is 5.73 Å². The second-order valence-corrected chi connectivity index (χ2v) is 4.83. The average molecular weight is 237 g/mol. The molecular formula is C13H20FN3. The van der Waals surface area contributed by atoms with Gasteiger partial charge in [0.2, 0.25) is 0 Å². The minimum absolute atomic E-state index is 0.144. The zero-order valence-electron chi connectivity index (χ0n) is 10.2. The van der Waals surface area contributed by atoms with Crippen LogP contribution >= 0.6 is 0 Å². The molecule has 0 spiro atoms. The van der Waals surface area contributed by atoms with Crippen LogP contribution in [0.15, 0.2) is 6.33 Å². The molecule has 2 N–H and O–H groups in total. The van der Waals surface area contributed by atoms with Gasteiger partial charge in [0, 0.05) is 6.54 Å². The molecule has 1 fully saturated rings. The molecule has 0 aliphatic heterocycles. The SMILES string of the molecule is NCc1ncnc(CCC2CCCCC2)c1F. The summed E-state index contributed by atoms with van der Waals surface area (Å²) in [6, 6.07) is 0. The summed E-state index contributed by atoms with van der Waals surface area (Å²) in [5.74, 6) is 0.449. The summed E-state index contributed by atoms with van der Waals surface area (Å²) in [6.45, 7) is 0.144. The smallest absolute Gasteiger partial charge is 0.167 e. The van der Waals surface area contributed by atoms with E-state index in [4.69, 9.17) is 5.73 Å². The van der Waals surface area contributed by atoms with E-state index >= 15 is 0 Å². The summed E-state index contributed by atoms with van der Waals surface area (Å²) >= 11 is 0. The first-order valence-corrected chi connectivity index (χ1v) is 6.49. The maximum absolute atomic E-state index is 13.8. The van der Waals surface area contributed by atoms with Crippen molar-refractivity contribution in [2.75, 3.05) is 0 Å². The predicted molar refractivity (Wildman–Crippen MR) is 64.8 cm³/mol. The van der Waals surface area contributed by atoms with Crippen molar-refractivity contribution in [2.24, 2.45) is 11.7 Å². The second-order valence-electron chi connectivity index (χ2n) is 4.83. The van der Waals surface area contributed by atoms with Gasteiger partial charge in [0.15, 0.2) is 5.82 Å². The summed E-state index contributed by atoms with van der Waals surface area (Å²) < 4.78 is 13.8. The molecule has 17 heavy (non-hydrogen) atoms. The molecule has 0 bridgehead atoms. The molecule has 0 atom stereocenters. The maximum atomic E-state index is 13.8. The Morgan fingerprint density at radius 1 is 1.18 bits per heavy atom. The Morgan fingerprint density at radius 3 is 2.59 bits per heavy atom. The number of nitrogens with zero attached hydrogens (tertiary/aromatic N) is 2. The van der Waals surface area contributed by atoms with Gasteiger partial charge in [-0.25, -0.2) is 14.4 Å². The van der Waals surface area contributed by atoms with Crippen molar-refractivity contribution in [3.8, 4) is 0 Å². The largest absolute Gasteiger partial charge is 0.325 e. The summed E-state index contributed by atoms with van der Waals surface area (Å²) in [6.07, 6.45) is 9.75. The van der Waals surface area contributed by atoms with E-state index in [0.29, 0.717) is 17.8 Å². The lowest BCUT2D eigenvalue weighted by molar-refractivity contribution is 0.336. The topological polar surface area (TPSA) is 51.8 Å². The molecular weight excluding hydrogens is 217 g/mol. The molecule has 1 heterocycles. The van der Waals surface area contributed by atoms with E-state index in [1.807, 2.05) is 0 Å². The van der Waals surface area contributed by atoms with Gasteiger partial charge in [0.25, 0.3) is 0 Å². The number of rotatable bonds is 4. The van der Waals surface area contributed by atoms with E-state index in [9.17, 15) is 4.39 Å². The van der Waals surface area contributed by atoms with Gasteiger partial charge in [-0.3, -0.25) is 0 Å². The third-order valence-electron chi connectivity index (χ3n) is 3.64. The van der Waals surface area contributed by atoms with Gasteiger partial charge >= 0.3 is 0 Å². The van der Waals surface area contributed by atoms with E-state index in [1.54, 1.807) is 0 Å². The highest BCUT2D eigenvalue weighted by atomic mass is 19.1. The highest BCUT2D eigenvalue weighted by molar-refractivity contribution is 5.11. The monoisotopic (exact) mass is 237 g/mol. The third-order valence-corrected chi connectivity index (χ3v) is 3.64. The van der Waals surface area contributed by atoms with Crippen LogP contribution in [0.2, 0.25) is 0 Å². The first-order valence-electron chi connectivity index (χ1n) is 6.49. The molecule has 4 heteroatoms. The van der Waals surface area contributed by atoms with Gasteiger partial charge in [-0.15, -0.1) is 0 Å². The number of aryl methyl sites for hydroxylation is 1. The van der Waals surface area contributed by atoms with Crippen molar-refractivity contribution in [2.45, 2.75) is 51.5 Å². The second kappa shape index (κ2) is 6.05. The van der Waals surface area contributed by atoms with Crippen molar-refractivity contribution in [1.29, 1.82) is 0 Å². The average Bonchev–Trinajstić information content (AvgIpc) is 2.39. The van der Waals surface area contributed by atoms with Gasteiger partial charge in [-0.05, 0) is 18.8 Å². The number of nitrogens with two attached hydrogens (primary N) is 1. The first-order chi connectivity index (χ1) is 8.31. The van der Waals surface area contributed by atoms with Crippen molar-refractivity contribution in [1.82, 2.24) is 9.97 Å². The molecule has 94 valence electrons. The van der Waals surface area contributed by atoms with Crippen LogP contribution in [0.4, 0.5) is 4.39 Å². The van der Waals surface area contributed by atoms with Gasteiger partial charge in [0.1, 0.15) is 6.33 Å². The molecule has 3 nitrogen and oxygen atoms in total. The van der Waals surface area contributed by atoms with Crippen LogP contribution in [-0.4, -0.2) is 9.97 Å². The molecule has 1 aliphatic rings. The lowest BCUT2D eigenvalue weighted by atomic mass is 9.86. The molecule has 0 saturated heterocycles. The van der Waals surface area contributed by atoms with E-state index < -0.39 is 0 Å². The molecule has 1 aliphatic carbocycles. The Morgan fingerprint density at radius 2 is 1.88 bits per heavy atom. The number of hydrogen-bond donors (Lipinski definition) is 1. The minimum atomic E-state index is -0.300. The number of aromatic nitrogens is 2. The van der Waals surface area contributed by atoms with Crippen LogP contribution in [0.1, 0.15) is 49.9 Å². The number of hydrogen-bond acceptors (Lipinski definition) is 3. The van der Waals surface area contributed by atoms with Crippen LogP contribution in [0.5, 0.6) is 0 Å². The van der Waals surface area contributed by atoms with Crippen molar-refractivity contribution >= 4 is 0 Å². The lowest BCUT2D eigenvalue weighted by Crippen LogP contribution is -2.11. The summed E-state index contributed by atoms with van der Waals surface area (Å²) in [7, 11) is 0. The predicted octanol–water partition coefficient (Wildman–Crippen LogP) is 2.59. The molecule has 1 aromatic heterocycles. The quantitative estimate of drug-likeness (QED) is 0.875. The Hall–Kier alpha value is -1.03. The summed E-state index contributed by atoms with van der Waals surface area (Å²) in [5.41, 5.74) is 6.29. The van der Waals surface area contributed by atoms with Crippen LogP contribution in [0, 0.1) is 11.7 Å². The van der Waals surface area contributed by atoms with E-state index in [-0.39, 0.29) is 12.4 Å². The van der Waals surface area contributed by atoms with Crippen LogP contribution in [0.3, 0.4) is 0 Å². The molecule has 0 amide bonds. The maximum Gasteiger partial charge on any atom is 0.167 e. The first kappa shape index (κ1) is 12.4. The third kappa shape index (κ3) is 3.22. The zero-order chi connectivity index (χ0) is 12.1. The Labute approximate surface area is 102 Å². The van der Waals surface area contributed by atoms with Gasteiger partial charge in [-0.2, -0.15) is 0 Å².